The van der Waals surface area contributed by atoms with E-state index in [-0.39, 0.29) is 5.82 Å². The van der Waals surface area contributed by atoms with Gasteiger partial charge in [-0.2, -0.15) is 5.10 Å². The Labute approximate surface area is 175 Å². The molecule has 0 unspecified atom stereocenters. The van der Waals surface area contributed by atoms with E-state index in [9.17, 15) is 9.50 Å². The molecule has 0 atom stereocenters. The second kappa shape index (κ2) is 8.49. The second-order valence-corrected chi connectivity index (χ2v) is 8.36. The maximum atomic E-state index is 13.3. The van der Waals surface area contributed by atoms with Gasteiger partial charge in [-0.05, 0) is 38.1 Å². The summed E-state index contributed by atoms with van der Waals surface area (Å²) in [7, 11) is 0. The number of hydrogen-bond donors (Lipinski definition) is 1. The van der Waals surface area contributed by atoms with Crippen molar-refractivity contribution in [3.63, 3.8) is 0 Å². The van der Waals surface area contributed by atoms with E-state index in [0.29, 0.717) is 6.54 Å². The van der Waals surface area contributed by atoms with Gasteiger partial charge in [-0.25, -0.2) is 9.37 Å². The van der Waals surface area contributed by atoms with Crippen molar-refractivity contribution in [2.45, 2.75) is 32.5 Å². The average molecular weight is 410 g/mol. The first-order valence-electron chi connectivity index (χ1n) is 10.2. The van der Waals surface area contributed by atoms with Gasteiger partial charge in [0.25, 0.3) is 0 Å². The predicted octanol–water partition coefficient (Wildman–Crippen LogP) is 2.57. The third kappa shape index (κ3) is 5.01. The molecule has 1 saturated heterocycles. The molecule has 8 heteroatoms. The molecule has 3 aromatic rings. The molecule has 30 heavy (non-hydrogen) atoms. The van der Waals surface area contributed by atoms with E-state index in [1.165, 1.54) is 12.1 Å². The average Bonchev–Trinajstić information content (AvgIpc) is 3.14. The number of hydrogen-bond acceptors (Lipinski definition) is 6. The number of benzene rings is 1. The summed E-state index contributed by atoms with van der Waals surface area (Å²) >= 11 is 0. The topological polar surface area (TPSA) is 70.3 Å². The largest absolute Gasteiger partial charge is 0.389 e. The Hall–Kier alpha value is -2.84. The molecule has 0 spiro atoms. The molecule has 7 nitrogen and oxygen atoms in total. The summed E-state index contributed by atoms with van der Waals surface area (Å²) in [5.74, 6) is 0.574. The maximum Gasteiger partial charge on any atom is 0.155 e. The van der Waals surface area contributed by atoms with Crippen LogP contribution in [0.4, 0.5) is 10.2 Å². The molecule has 1 aromatic carbocycles. The highest BCUT2D eigenvalue weighted by Crippen LogP contribution is 2.27. The molecule has 1 aliphatic rings. The van der Waals surface area contributed by atoms with Crippen molar-refractivity contribution in [3.8, 4) is 11.3 Å². The van der Waals surface area contributed by atoms with Gasteiger partial charge in [0.05, 0.1) is 18.3 Å². The molecule has 1 N–H and O–H groups in total. The minimum absolute atomic E-state index is 0.260. The number of nitrogens with zero attached hydrogens (tertiary/aromatic N) is 6. The molecule has 0 bridgehead atoms. The van der Waals surface area contributed by atoms with Gasteiger partial charge >= 0.3 is 0 Å². The number of piperazine rings is 1. The fourth-order valence-corrected chi connectivity index (χ4v) is 3.72. The van der Waals surface area contributed by atoms with E-state index in [1.807, 2.05) is 12.4 Å². The Morgan fingerprint density at radius 1 is 1.03 bits per heavy atom. The van der Waals surface area contributed by atoms with Crippen LogP contribution in [0, 0.1) is 5.82 Å². The van der Waals surface area contributed by atoms with Gasteiger partial charge in [-0.1, -0.05) is 0 Å². The van der Waals surface area contributed by atoms with E-state index >= 15 is 0 Å². The molecule has 4 rings (SSSR count). The molecule has 2 aromatic heterocycles. The van der Waals surface area contributed by atoms with Crippen molar-refractivity contribution in [3.05, 3.63) is 60.4 Å². The smallest absolute Gasteiger partial charge is 0.155 e. The van der Waals surface area contributed by atoms with Crippen LogP contribution in [0.1, 0.15) is 19.4 Å². The first-order valence-corrected chi connectivity index (χ1v) is 10.2. The molecule has 158 valence electrons. The summed E-state index contributed by atoms with van der Waals surface area (Å²) in [4.78, 5) is 13.7. The van der Waals surface area contributed by atoms with Crippen LogP contribution in [-0.2, 0) is 13.1 Å². The van der Waals surface area contributed by atoms with Crippen LogP contribution < -0.4 is 4.90 Å². The lowest BCUT2D eigenvalue weighted by Crippen LogP contribution is -2.46. The standard InChI is InChI=1S/C22H27FN6O/c1-22(2,30)16-29-15-17(13-26-29)14-27-9-11-28(12-10-27)21-20(24-7-8-25-21)18-3-5-19(23)6-4-18/h3-8,13,15,30H,9-12,14,16H2,1-2H3. The molecular formula is C22H27FN6O. The van der Waals surface area contributed by atoms with Crippen molar-refractivity contribution in [2.24, 2.45) is 0 Å². The zero-order valence-electron chi connectivity index (χ0n) is 17.4. The minimum atomic E-state index is -0.784. The normalized spacial score (nSPS) is 15.5. The summed E-state index contributed by atoms with van der Waals surface area (Å²) in [6.45, 7) is 8.33. The third-order valence-electron chi connectivity index (χ3n) is 5.11. The van der Waals surface area contributed by atoms with Gasteiger partial charge < -0.3 is 10.0 Å². The molecule has 1 aliphatic heterocycles. The van der Waals surface area contributed by atoms with Gasteiger partial charge in [0.15, 0.2) is 5.82 Å². The molecule has 0 amide bonds. The van der Waals surface area contributed by atoms with E-state index in [2.05, 4.69) is 24.9 Å². The minimum Gasteiger partial charge on any atom is -0.389 e. The second-order valence-electron chi connectivity index (χ2n) is 8.36. The predicted molar refractivity (Wildman–Crippen MR) is 113 cm³/mol. The Kier molecular flexibility index (Phi) is 5.78. The van der Waals surface area contributed by atoms with E-state index < -0.39 is 5.60 Å². The van der Waals surface area contributed by atoms with Gasteiger partial charge in [0.2, 0.25) is 0 Å². The zero-order valence-corrected chi connectivity index (χ0v) is 17.4. The Morgan fingerprint density at radius 3 is 2.43 bits per heavy atom. The van der Waals surface area contributed by atoms with Crippen LogP contribution in [-0.4, -0.2) is 61.5 Å². The summed E-state index contributed by atoms with van der Waals surface area (Å²) in [5, 5.41) is 14.3. The first kappa shape index (κ1) is 20.4. The summed E-state index contributed by atoms with van der Waals surface area (Å²) in [6, 6.07) is 6.38. The van der Waals surface area contributed by atoms with Crippen LogP contribution >= 0.6 is 0 Å². The lowest BCUT2D eigenvalue weighted by atomic mass is 10.1. The van der Waals surface area contributed by atoms with Crippen LogP contribution in [0.25, 0.3) is 11.3 Å². The Balaban J connectivity index is 1.39. The SMILES string of the molecule is CC(C)(O)Cn1cc(CN2CCN(c3nccnc3-c3ccc(F)cc3)CC2)cn1. The van der Waals surface area contributed by atoms with Crippen molar-refractivity contribution >= 4 is 5.82 Å². The van der Waals surface area contributed by atoms with Crippen molar-refractivity contribution in [1.29, 1.82) is 0 Å². The number of aliphatic hydroxyl groups is 1. The summed E-state index contributed by atoms with van der Waals surface area (Å²) in [6.07, 6.45) is 7.24. The lowest BCUT2D eigenvalue weighted by molar-refractivity contribution is 0.0577. The lowest BCUT2D eigenvalue weighted by Gasteiger charge is -2.35. The van der Waals surface area contributed by atoms with E-state index in [4.69, 9.17) is 0 Å². The molecule has 0 radical (unpaired) electrons. The monoisotopic (exact) mass is 410 g/mol. The van der Waals surface area contributed by atoms with Gasteiger partial charge in [0.1, 0.15) is 11.5 Å². The maximum absolute atomic E-state index is 13.3. The molecule has 1 fully saturated rings. The quantitative estimate of drug-likeness (QED) is 0.674. The summed E-state index contributed by atoms with van der Waals surface area (Å²) < 4.78 is 15.1. The summed E-state index contributed by atoms with van der Waals surface area (Å²) in [5.41, 5.74) is 1.99. The van der Waals surface area contributed by atoms with Crippen molar-refractivity contribution < 1.29 is 9.50 Å². The highest BCUT2D eigenvalue weighted by molar-refractivity contribution is 5.72. The first-order chi connectivity index (χ1) is 14.4. The number of halogens is 1. The van der Waals surface area contributed by atoms with E-state index in [0.717, 1.165) is 55.4 Å². The van der Waals surface area contributed by atoms with E-state index in [1.54, 1.807) is 43.1 Å². The van der Waals surface area contributed by atoms with Gasteiger partial charge in [-0.15, -0.1) is 0 Å². The van der Waals surface area contributed by atoms with Gasteiger partial charge in [-0.3, -0.25) is 14.6 Å². The van der Waals surface area contributed by atoms with Crippen molar-refractivity contribution in [1.82, 2.24) is 24.6 Å². The highest BCUT2D eigenvalue weighted by atomic mass is 19.1. The Bertz CT molecular complexity index is 974. The zero-order chi connectivity index (χ0) is 21.1. The van der Waals surface area contributed by atoms with Crippen LogP contribution in [0.3, 0.4) is 0 Å². The van der Waals surface area contributed by atoms with Crippen LogP contribution in [0.2, 0.25) is 0 Å². The number of aromatic nitrogens is 4. The molecular weight excluding hydrogens is 383 g/mol. The Morgan fingerprint density at radius 2 is 1.73 bits per heavy atom. The van der Waals surface area contributed by atoms with Crippen LogP contribution in [0.5, 0.6) is 0 Å². The molecule has 0 saturated carbocycles. The number of anilines is 1. The van der Waals surface area contributed by atoms with Crippen molar-refractivity contribution in [2.75, 3.05) is 31.1 Å². The van der Waals surface area contributed by atoms with Gasteiger partial charge in [0, 0.05) is 62.4 Å². The highest BCUT2D eigenvalue weighted by Gasteiger charge is 2.22. The van der Waals surface area contributed by atoms with Crippen LogP contribution in [0.15, 0.2) is 49.1 Å². The molecule has 0 aliphatic carbocycles. The third-order valence-corrected chi connectivity index (χ3v) is 5.11. The number of rotatable bonds is 6. The fourth-order valence-electron chi connectivity index (χ4n) is 3.72. The molecule has 3 heterocycles. The fraction of sp³-hybridized carbons (Fsp3) is 0.409.